The number of ketones is 2. The second kappa shape index (κ2) is 5.29. The van der Waals surface area contributed by atoms with E-state index >= 15 is 0 Å². The van der Waals surface area contributed by atoms with E-state index in [0.717, 1.165) is 11.3 Å². The molecule has 2 aliphatic rings. The van der Waals surface area contributed by atoms with Gasteiger partial charge in [-0.15, -0.1) is 11.3 Å². The Balaban J connectivity index is 1.87. The zero-order valence-corrected chi connectivity index (χ0v) is 11.9. The van der Waals surface area contributed by atoms with Crippen LogP contribution < -0.4 is 0 Å². The third kappa shape index (κ3) is 2.39. The van der Waals surface area contributed by atoms with Crippen LogP contribution in [-0.4, -0.2) is 28.4 Å². The second-order valence-corrected chi connectivity index (χ2v) is 6.23. The molecule has 1 atom stereocenters. The van der Waals surface area contributed by atoms with Crippen LogP contribution in [0.3, 0.4) is 0 Å². The minimum Gasteiger partial charge on any atom is -0.324 e. The molecule has 0 saturated heterocycles. The molecule has 0 spiro atoms. The maximum atomic E-state index is 12.9. The number of halogens is 2. The molecule has 2 heterocycles. The zero-order chi connectivity index (χ0) is 15.1. The molecule has 1 aliphatic heterocycles. The Morgan fingerprint density at radius 2 is 2.05 bits per heavy atom. The number of hydrogen-bond donors (Lipinski definition) is 0. The minimum atomic E-state index is -2.61. The molecule has 0 unspecified atom stereocenters. The van der Waals surface area contributed by atoms with Gasteiger partial charge in [-0.3, -0.25) is 14.4 Å². The number of carbonyl (C=O) groups excluding carboxylic acids is 3. The molecule has 1 aromatic heterocycles. The molecule has 1 aliphatic carbocycles. The van der Waals surface area contributed by atoms with Crippen LogP contribution >= 0.6 is 11.3 Å². The first-order chi connectivity index (χ1) is 9.99. The van der Waals surface area contributed by atoms with Crippen molar-refractivity contribution in [2.24, 2.45) is 0 Å². The highest BCUT2D eigenvalue weighted by Crippen LogP contribution is 2.38. The van der Waals surface area contributed by atoms with Crippen molar-refractivity contribution >= 4 is 28.8 Å². The molecule has 21 heavy (non-hydrogen) atoms. The third-order valence-electron chi connectivity index (χ3n) is 4.00. The first-order valence-electron chi connectivity index (χ1n) is 6.73. The number of hydrogen-bond acceptors (Lipinski definition) is 4. The molecular formula is C14H13F2NO3S. The van der Waals surface area contributed by atoms with Crippen LogP contribution in [0.2, 0.25) is 0 Å². The standard InChI is InChI=1S/C14H13F2NO3S/c15-13(16)12-8-5-17(14(20)9(8)6-21-12)10-3-1-2-7(18)4-11(10)19/h6,10,13H,1-5H2/t10-/m0/s1. The highest BCUT2D eigenvalue weighted by molar-refractivity contribution is 7.10. The highest BCUT2D eigenvalue weighted by Gasteiger charge is 2.40. The van der Waals surface area contributed by atoms with Crippen LogP contribution in [0.4, 0.5) is 8.78 Å². The molecule has 112 valence electrons. The van der Waals surface area contributed by atoms with Gasteiger partial charge in [0.15, 0.2) is 5.78 Å². The first kappa shape index (κ1) is 14.3. The molecule has 0 bridgehead atoms. The average molecular weight is 313 g/mol. The van der Waals surface area contributed by atoms with Crippen LogP contribution in [-0.2, 0) is 16.1 Å². The summed E-state index contributed by atoms with van der Waals surface area (Å²) in [6.07, 6.45) is -1.46. The van der Waals surface area contributed by atoms with Crippen LogP contribution in [0.15, 0.2) is 5.38 Å². The molecule has 0 aromatic carbocycles. The Labute approximate surface area is 123 Å². The lowest BCUT2D eigenvalue weighted by molar-refractivity contribution is -0.128. The lowest BCUT2D eigenvalue weighted by Gasteiger charge is -2.25. The fourth-order valence-corrected chi connectivity index (χ4v) is 3.86. The number of carbonyl (C=O) groups is 3. The average Bonchev–Trinajstić information content (AvgIpc) is 2.90. The van der Waals surface area contributed by atoms with E-state index in [1.807, 2.05) is 0 Å². The van der Waals surface area contributed by atoms with Crippen molar-refractivity contribution in [3.8, 4) is 0 Å². The third-order valence-corrected chi connectivity index (χ3v) is 5.03. The monoisotopic (exact) mass is 313 g/mol. The maximum absolute atomic E-state index is 12.9. The SMILES string of the molecule is O=C1CCC[C@H](N2Cc3c(csc3C(F)F)C2=O)C(=O)C1. The summed E-state index contributed by atoms with van der Waals surface area (Å²) >= 11 is 0.881. The predicted octanol–water partition coefficient (Wildman–Crippen LogP) is 2.72. The Morgan fingerprint density at radius 3 is 2.76 bits per heavy atom. The van der Waals surface area contributed by atoms with E-state index in [1.165, 1.54) is 10.3 Å². The molecule has 3 rings (SSSR count). The first-order valence-corrected chi connectivity index (χ1v) is 7.60. The van der Waals surface area contributed by atoms with Gasteiger partial charge in [0.1, 0.15) is 5.78 Å². The Morgan fingerprint density at radius 1 is 1.29 bits per heavy atom. The van der Waals surface area contributed by atoms with Gasteiger partial charge >= 0.3 is 0 Å². The minimum absolute atomic E-state index is 0.0436. The summed E-state index contributed by atoms with van der Waals surface area (Å²) in [6.45, 7) is 0.0436. The maximum Gasteiger partial charge on any atom is 0.273 e. The van der Waals surface area contributed by atoms with E-state index < -0.39 is 12.5 Å². The number of nitrogens with zero attached hydrogens (tertiary/aromatic N) is 1. The zero-order valence-electron chi connectivity index (χ0n) is 11.1. The molecule has 4 nitrogen and oxygen atoms in total. The van der Waals surface area contributed by atoms with E-state index in [2.05, 4.69) is 0 Å². The lowest BCUT2D eigenvalue weighted by Crippen LogP contribution is -2.41. The summed E-state index contributed by atoms with van der Waals surface area (Å²) in [5.74, 6) is -0.768. The van der Waals surface area contributed by atoms with Gasteiger partial charge in [0, 0.05) is 23.9 Å². The van der Waals surface area contributed by atoms with Gasteiger partial charge in [0.25, 0.3) is 12.3 Å². The summed E-state index contributed by atoms with van der Waals surface area (Å²) in [5, 5.41) is 1.44. The van der Waals surface area contributed by atoms with E-state index in [4.69, 9.17) is 0 Å². The molecule has 1 aromatic rings. The summed E-state index contributed by atoms with van der Waals surface area (Å²) in [7, 11) is 0. The number of fused-ring (bicyclic) bond motifs is 1. The van der Waals surface area contributed by atoms with Crippen molar-refractivity contribution in [2.75, 3.05) is 0 Å². The lowest BCUT2D eigenvalue weighted by atomic mass is 10.1. The van der Waals surface area contributed by atoms with Crippen molar-refractivity contribution in [2.45, 2.75) is 44.7 Å². The molecule has 1 amide bonds. The fourth-order valence-electron chi connectivity index (χ4n) is 2.96. The molecule has 0 N–H and O–H groups in total. The summed E-state index contributed by atoms with van der Waals surface area (Å²) in [6, 6.07) is -0.660. The normalized spacial score (nSPS) is 22.9. The van der Waals surface area contributed by atoms with Crippen molar-refractivity contribution < 1.29 is 23.2 Å². The van der Waals surface area contributed by atoms with Crippen LogP contribution in [0.1, 0.15) is 52.9 Å². The van der Waals surface area contributed by atoms with Crippen LogP contribution in [0, 0.1) is 0 Å². The van der Waals surface area contributed by atoms with E-state index in [-0.39, 0.29) is 40.9 Å². The second-order valence-electron chi connectivity index (χ2n) is 5.32. The van der Waals surface area contributed by atoms with E-state index in [0.29, 0.717) is 24.8 Å². The predicted molar refractivity (Wildman–Crippen MR) is 71.4 cm³/mol. The van der Waals surface area contributed by atoms with Crippen molar-refractivity contribution in [3.63, 3.8) is 0 Å². The molecule has 1 fully saturated rings. The van der Waals surface area contributed by atoms with Gasteiger partial charge in [-0.05, 0) is 12.8 Å². The largest absolute Gasteiger partial charge is 0.324 e. The number of rotatable bonds is 2. The molecular weight excluding hydrogens is 300 g/mol. The Hall–Kier alpha value is -1.63. The smallest absolute Gasteiger partial charge is 0.273 e. The summed E-state index contributed by atoms with van der Waals surface area (Å²) in [4.78, 5) is 37.1. The summed E-state index contributed by atoms with van der Waals surface area (Å²) in [5.41, 5.74) is 0.613. The van der Waals surface area contributed by atoms with E-state index in [1.54, 1.807) is 0 Å². The van der Waals surface area contributed by atoms with Gasteiger partial charge < -0.3 is 4.90 Å². The van der Waals surface area contributed by atoms with Crippen LogP contribution in [0.5, 0.6) is 0 Å². The topological polar surface area (TPSA) is 54.5 Å². The Bertz CT molecular complexity index is 626. The van der Waals surface area contributed by atoms with E-state index in [9.17, 15) is 23.2 Å². The highest BCUT2D eigenvalue weighted by atomic mass is 32.1. The number of thiophene rings is 1. The van der Waals surface area contributed by atoms with Gasteiger partial charge in [-0.25, -0.2) is 8.78 Å². The molecule has 1 saturated carbocycles. The summed E-state index contributed by atoms with van der Waals surface area (Å²) < 4.78 is 25.8. The van der Waals surface area contributed by atoms with Crippen molar-refractivity contribution in [3.05, 3.63) is 21.4 Å². The van der Waals surface area contributed by atoms with Gasteiger partial charge in [-0.2, -0.15) is 0 Å². The van der Waals surface area contributed by atoms with Crippen LogP contribution in [0.25, 0.3) is 0 Å². The number of alkyl halides is 2. The number of amides is 1. The number of Topliss-reactive ketones (excluding diaryl/α,β-unsaturated/α-hetero) is 2. The van der Waals surface area contributed by atoms with Gasteiger partial charge in [0.2, 0.25) is 0 Å². The molecule has 0 radical (unpaired) electrons. The molecule has 7 heteroatoms. The Kier molecular flexibility index (Phi) is 3.61. The van der Waals surface area contributed by atoms with Crippen molar-refractivity contribution in [1.29, 1.82) is 0 Å². The fraction of sp³-hybridized carbons (Fsp3) is 0.500. The van der Waals surface area contributed by atoms with Gasteiger partial charge in [0.05, 0.1) is 22.9 Å². The van der Waals surface area contributed by atoms with Gasteiger partial charge in [-0.1, -0.05) is 0 Å². The quantitative estimate of drug-likeness (QED) is 0.623. The van der Waals surface area contributed by atoms with Crippen molar-refractivity contribution in [1.82, 2.24) is 4.90 Å².